The molecule has 2 amide bonds. The highest BCUT2D eigenvalue weighted by Gasteiger charge is 2.28. The number of amides is 2. The monoisotopic (exact) mass is 360 g/mol. The highest BCUT2D eigenvalue weighted by molar-refractivity contribution is 6.01. The number of hydrogen-bond donors (Lipinski definition) is 1. The van der Waals surface area contributed by atoms with Crippen molar-refractivity contribution in [1.29, 1.82) is 0 Å². The number of benzene rings is 1. The van der Waals surface area contributed by atoms with Crippen LogP contribution in [-0.2, 0) is 14.3 Å². The highest BCUT2D eigenvalue weighted by Crippen LogP contribution is 2.22. The molecule has 1 aromatic carbocycles. The summed E-state index contributed by atoms with van der Waals surface area (Å²) in [6.07, 6.45) is 1.82. The second-order valence-electron chi connectivity index (χ2n) is 7.01. The van der Waals surface area contributed by atoms with Gasteiger partial charge in [0.05, 0.1) is 17.9 Å². The van der Waals surface area contributed by atoms with Crippen molar-refractivity contribution in [3.63, 3.8) is 0 Å². The van der Waals surface area contributed by atoms with E-state index in [1.807, 2.05) is 18.7 Å². The van der Waals surface area contributed by atoms with Gasteiger partial charge in [0.1, 0.15) is 0 Å². The summed E-state index contributed by atoms with van der Waals surface area (Å²) in [6.45, 7) is 7.28. The molecule has 0 bridgehead atoms. The minimum atomic E-state index is -0.447. The fraction of sp³-hybridized carbons (Fsp3) is 0.550. The molecule has 0 saturated carbocycles. The molecule has 6 heteroatoms. The SMILES string of the molecule is CCOC(=O)c1ccccc1NC(=O)C1CCN(C(=O)CC(C)C)CC1. The maximum absolute atomic E-state index is 12.6. The zero-order chi connectivity index (χ0) is 19.1. The van der Waals surface area contributed by atoms with Crippen LogP contribution in [0.5, 0.6) is 0 Å². The van der Waals surface area contributed by atoms with E-state index in [0.717, 1.165) is 0 Å². The third-order valence-electron chi connectivity index (χ3n) is 4.48. The van der Waals surface area contributed by atoms with E-state index in [9.17, 15) is 14.4 Å². The van der Waals surface area contributed by atoms with Crippen LogP contribution in [0.3, 0.4) is 0 Å². The fourth-order valence-electron chi connectivity index (χ4n) is 3.08. The number of nitrogens with zero attached hydrogens (tertiary/aromatic N) is 1. The summed E-state index contributed by atoms with van der Waals surface area (Å²) in [5, 5.41) is 2.85. The topological polar surface area (TPSA) is 75.7 Å². The predicted octanol–water partition coefficient (Wildman–Crippen LogP) is 3.09. The summed E-state index contributed by atoms with van der Waals surface area (Å²) < 4.78 is 5.03. The number of ether oxygens (including phenoxy) is 1. The lowest BCUT2D eigenvalue weighted by Gasteiger charge is -2.32. The van der Waals surface area contributed by atoms with Gasteiger partial charge in [0.15, 0.2) is 0 Å². The van der Waals surface area contributed by atoms with Gasteiger partial charge in [-0.1, -0.05) is 26.0 Å². The Balaban J connectivity index is 1.94. The number of carbonyl (C=O) groups excluding carboxylic acids is 3. The van der Waals surface area contributed by atoms with Crippen LogP contribution in [0, 0.1) is 11.8 Å². The molecule has 0 atom stereocenters. The number of piperidine rings is 1. The van der Waals surface area contributed by atoms with Gasteiger partial charge in [-0.2, -0.15) is 0 Å². The summed E-state index contributed by atoms with van der Waals surface area (Å²) in [6, 6.07) is 6.85. The number of anilines is 1. The van der Waals surface area contributed by atoms with Gasteiger partial charge in [-0.15, -0.1) is 0 Å². The van der Waals surface area contributed by atoms with Crippen molar-refractivity contribution in [2.75, 3.05) is 25.0 Å². The zero-order valence-electron chi connectivity index (χ0n) is 15.8. The summed E-state index contributed by atoms with van der Waals surface area (Å²) in [5.74, 6) is -0.224. The molecule has 1 aromatic rings. The van der Waals surface area contributed by atoms with Crippen LogP contribution in [0.4, 0.5) is 5.69 Å². The van der Waals surface area contributed by atoms with Gasteiger partial charge in [-0.3, -0.25) is 9.59 Å². The molecular formula is C20H28N2O4. The second-order valence-corrected chi connectivity index (χ2v) is 7.01. The molecule has 26 heavy (non-hydrogen) atoms. The van der Waals surface area contributed by atoms with Crippen molar-refractivity contribution in [3.8, 4) is 0 Å². The lowest BCUT2D eigenvalue weighted by molar-refractivity contribution is -0.135. The van der Waals surface area contributed by atoms with E-state index < -0.39 is 5.97 Å². The Hall–Kier alpha value is -2.37. The Bertz CT molecular complexity index is 649. The minimum Gasteiger partial charge on any atom is -0.462 e. The fourth-order valence-corrected chi connectivity index (χ4v) is 3.08. The number of likely N-dealkylation sites (tertiary alicyclic amines) is 1. The van der Waals surface area contributed by atoms with Crippen molar-refractivity contribution in [3.05, 3.63) is 29.8 Å². The van der Waals surface area contributed by atoms with Gasteiger partial charge in [-0.25, -0.2) is 4.79 Å². The molecule has 1 aliphatic heterocycles. The van der Waals surface area contributed by atoms with Gasteiger partial charge < -0.3 is 15.0 Å². The molecule has 1 N–H and O–H groups in total. The van der Waals surface area contributed by atoms with Crippen LogP contribution in [0.2, 0.25) is 0 Å². The number of carbonyl (C=O) groups is 3. The van der Waals surface area contributed by atoms with E-state index in [4.69, 9.17) is 4.74 Å². The molecule has 142 valence electrons. The van der Waals surface area contributed by atoms with Crippen molar-refractivity contribution in [1.82, 2.24) is 4.90 Å². The van der Waals surface area contributed by atoms with E-state index >= 15 is 0 Å². The van der Waals surface area contributed by atoms with E-state index in [2.05, 4.69) is 5.32 Å². The molecule has 0 aromatic heterocycles. The molecule has 2 rings (SSSR count). The Morgan fingerprint density at radius 2 is 1.85 bits per heavy atom. The number of esters is 1. The van der Waals surface area contributed by atoms with Gasteiger partial charge in [-0.05, 0) is 37.8 Å². The standard InChI is InChI=1S/C20H28N2O4/c1-4-26-20(25)16-7-5-6-8-17(16)21-19(24)15-9-11-22(12-10-15)18(23)13-14(2)3/h5-8,14-15H,4,9-13H2,1-3H3,(H,21,24). The number of rotatable bonds is 6. The number of hydrogen-bond acceptors (Lipinski definition) is 4. The molecule has 0 spiro atoms. The van der Waals surface area contributed by atoms with Crippen molar-refractivity contribution in [2.45, 2.75) is 40.0 Å². The van der Waals surface area contributed by atoms with Gasteiger partial charge >= 0.3 is 5.97 Å². The summed E-state index contributed by atoms with van der Waals surface area (Å²) >= 11 is 0. The summed E-state index contributed by atoms with van der Waals surface area (Å²) in [7, 11) is 0. The second kappa shape index (κ2) is 9.36. The normalized spacial score (nSPS) is 15.0. The van der Waals surface area contributed by atoms with Crippen molar-refractivity contribution in [2.24, 2.45) is 11.8 Å². The van der Waals surface area contributed by atoms with Gasteiger partial charge in [0.25, 0.3) is 0 Å². The quantitative estimate of drug-likeness (QED) is 0.791. The highest BCUT2D eigenvalue weighted by atomic mass is 16.5. The van der Waals surface area contributed by atoms with Gasteiger partial charge in [0, 0.05) is 25.4 Å². The summed E-state index contributed by atoms with van der Waals surface area (Å²) in [4.78, 5) is 38.6. The smallest absolute Gasteiger partial charge is 0.340 e. The van der Waals surface area contributed by atoms with Crippen LogP contribution >= 0.6 is 0 Å². The number of nitrogens with one attached hydrogen (secondary N) is 1. The molecule has 1 saturated heterocycles. The maximum Gasteiger partial charge on any atom is 0.340 e. The zero-order valence-corrected chi connectivity index (χ0v) is 15.8. The first-order chi connectivity index (χ1) is 12.4. The first-order valence-electron chi connectivity index (χ1n) is 9.27. The molecule has 1 aliphatic rings. The Morgan fingerprint density at radius 1 is 1.19 bits per heavy atom. The van der Waals surface area contributed by atoms with Crippen LogP contribution in [0.15, 0.2) is 24.3 Å². The lowest BCUT2D eigenvalue weighted by atomic mass is 9.95. The molecule has 0 aliphatic carbocycles. The van der Waals surface area contributed by atoms with Crippen LogP contribution in [0.1, 0.15) is 50.4 Å². The maximum atomic E-state index is 12.6. The predicted molar refractivity (Wildman–Crippen MR) is 99.8 cm³/mol. The average Bonchev–Trinajstić information content (AvgIpc) is 2.62. The molecule has 0 radical (unpaired) electrons. The lowest BCUT2D eigenvalue weighted by Crippen LogP contribution is -2.41. The van der Waals surface area contributed by atoms with Crippen molar-refractivity contribution < 1.29 is 19.1 Å². The third-order valence-corrected chi connectivity index (χ3v) is 4.48. The number of para-hydroxylation sites is 1. The van der Waals surface area contributed by atoms with E-state index in [1.54, 1.807) is 31.2 Å². The summed E-state index contributed by atoms with van der Waals surface area (Å²) in [5.41, 5.74) is 0.821. The molecule has 1 fully saturated rings. The molecular weight excluding hydrogens is 332 g/mol. The van der Waals surface area contributed by atoms with E-state index in [1.165, 1.54) is 0 Å². The van der Waals surface area contributed by atoms with E-state index in [0.29, 0.717) is 49.5 Å². The van der Waals surface area contributed by atoms with Gasteiger partial charge in [0.2, 0.25) is 11.8 Å². The third kappa shape index (κ3) is 5.31. The Labute approximate surface area is 154 Å². The first-order valence-corrected chi connectivity index (χ1v) is 9.27. The Morgan fingerprint density at radius 3 is 2.46 bits per heavy atom. The Kier molecular flexibility index (Phi) is 7.18. The van der Waals surface area contributed by atoms with Crippen LogP contribution in [-0.4, -0.2) is 42.4 Å². The average molecular weight is 360 g/mol. The first kappa shape index (κ1) is 19.9. The van der Waals surface area contributed by atoms with E-state index in [-0.39, 0.29) is 24.3 Å². The van der Waals surface area contributed by atoms with Crippen LogP contribution in [0.25, 0.3) is 0 Å². The molecule has 1 heterocycles. The van der Waals surface area contributed by atoms with Crippen molar-refractivity contribution >= 4 is 23.5 Å². The molecule has 6 nitrogen and oxygen atoms in total. The minimum absolute atomic E-state index is 0.113. The molecule has 0 unspecified atom stereocenters. The largest absolute Gasteiger partial charge is 0.462 e. The van der Waals surface area contributed by atoms with Crippen LogP contribution < -0.4 is 5.32 Å².